The average Bonchev–Trinajstić information content (AvgIpc) is 3.98. The highest BCUT2D eigenvalue weighted by Gasteiger charge is 2.19. The summed E-state index contributed by atoms with van der Waals surface area (Å²) in [6.07, 6.45) is 0. The zero-order chi connectivity index (χ0) is 41.8. The molecule has 12 aromatic rings. The van der Waals surface area contributed by atoms with Crippen molar-refractivity contribution in [3.8, 4) is 44.8 Å². The van der Waals surface area contributed by atoms with E-state index in [0.29, 0.717) is 0 Å². The van der Waals surface area contributed by atoms with Crippen LogP contribution in [-0.4, -0.2) is 9.13 Å². The normalized spacial score (nSPS) is 13.1. The molecule has 0 aliphatic heterocycles. The molecule has 0 saturated heterocycles. The summed E-state index contributed by atoms with van der Waals surface area (Å²) in [6, 6.07) is 59.4. The van der Waals surface area contributed by atoms with Crippen LogP contribution in [0.15, 0.2) is 211 Å². The summed E-state index contributed by atoms with van der Waals surface area (Å²) in [5.41, 5.74) is 13.1. The predicted molar refractivity (Wildman–Crippen MR) is 239 cm³/mol. The number of furan rings is 1. The third-order valence-corrected chi connectivity index (χ3v) is 11.4. The third kappa shape index (κ3) is 4.92. The summed E-state index contributed by atoms with van der Waals surface area (Å²) >= 11 is 0. The van der Waals surface area contributed by atoms with Crippen LogP contribution >= 0.6 is 0 Å². The molecule has 3 heteroatoms. The smallest absolute Gasteiger partial charge is 0.135 e. The topological polar surface area (TPSA) is 23.0 Å². The van der Waals surface area contributed by atoms with Gasteiger partial charge in [0.15, 0.2) is 0 Å². The highest BCUT2D eigenvalue weighted by Crippen LogP contribution is 2.42. The molecule has 0 spiro atoms. The first-order valence-corrected chi connectivity index (χ1v) is 19.1. The largest absolute Gasteiger partial charge is 0.456 e. The molecule has 0 aliphatic rings. The third-order valence-electron chi connectivity index (χ3n) is 11.4. The zero-order valence-electron chi connectivity index (χ0n) is 35.5. The van der Waals surface area contributed by atoms with E-state index in [2.05, 4.69) is 138 Å². The van der Waals surface area contributed by atoms with E-state index in [1.165, 1.54) is 0 Å². The summed E-state index contributed by atoms with van der Waals surface area (Å²) < 4.78 is 53.4. The maximum atomic E-state index is 8.93. The van der Waals surface area contributed by atoms with Crippen LogP contribution in [0.25, 0.3) is 110 Å². The summed E-state index contributed by atoms with van der Waals surface area (Å²) in [5.74, 6) is 0. The Hall–Kier alpha value is -7.62. The van der Waals surface area contributed by atoms with Gasteiger partial charge in [0.05, 0.1) is 28.9 Å². The molecule has 9 aromatic carbocycles. The minimum atomic E-state index is -0.412. The molecule has 0 atom stereocenters. The molecule has 0 radical (unpaired) electrons. The summed E-state index contributed by atoms with van der Waals surface area (Å²) in [7, 11) is 0. The van der Waals surface area contributed by atoms with Crippen LogP contribution in [0.2, 0.25) is 0 Å². The minimum absolute atomic E-state index is 0.132. The lowest BCUT2D eigenvalue weighted by Crippen LogP contribution is -1.94. The molecular formula is C54H34N2O. The summed E-state index contributed by atoms with van der Waals surface area (Å²) in [5, 5.41) is 6.30. The Morgan fingerprint density at radius 3 is 1.79 bits per heavy atom. The number of hydrogen-bond donors (Lipinski definition) is 0. The number of aromatic nitrogens is 2. The van der Waals surface area contributed by atoms with Crippen molar-refractivity contribution in [2.75, 3.05) is 0 Å². The van der Waals surface area contributed by atoms with Crippen molar-refractivity contribution < 1.29 is 11.3 Å². The number of rotatable bonds is 5. The van der Waals surface area contributed by atoms with Crippen LogP contribution in [0.3, 0.4) is 0 Å². The highest BCUT2D eigenvalue weighted by atomic mass is 16.3. The maximum Gasteiger partial charge on any atom is 0.135 e. The lowest BCUT2D eigenvalue weighted by atomic mass is 9.97. The number of fused-ring (bicyclic) bond motifs is 9. The van der Waals surface area contributed by atoms with Crippen LogP contribution in [0.5, 0.6) is 0 Å². The molecule has 0 amide bonds. The molecule has 3 nitrogen and oxygen atoms in total. The van der Waals surface area contributed by atoms with Gasteiger partial charge in [-0.15, -0.1) is 0 Å². The second-order valence-corrected chi connectivity index (χ2v) is 14.6. The Labute approximate surface area is 335 Å². The van der Waals surface area contributed by atoms with Gasteiger partial charge in [0.1, 0.15) is 11.2 Å². The van der Waals surface area contributed by atoms with Gasteiger partial charge in [-0.3, -0.25) is 0 Å². The molecule has 3 aromatic heterocycles. The Balaban J connectivity index is 1.01. The molecule has 0 unspecified atom stereocenters. The van der Waals surface area contributed by atoms with Crippen LogP contribution in [0.1, 0.15) is 6.85 Å². The zero-order valence-corrected chi connectivity index (χ0v) is 30.5. The number of benzene rings is 9. The minimum Gasteiger partial charge on any atom is -0.456 e. The van der Waals surface area contributed by atoms with Crippen molar-refractivity contribution in [1.82, 2.24) is 9.13 Å². The molecule has 57 heavy (non-hydrogen) atoms. The van der Waals surface area contributed by atoms with Gasteiger partial charge >= 0.3 is 0 Å². The molecular weight excluding hydrogens is 693 g/mol. The maximum absolute atomic E-state index is 8.93. The molecule has 0 saturated carbocycles. The van der Waals surface area contributed by atoms with Crippen molar-refractivity contribution in [3.05, 3.63) is 206 Å². The summed E-state index contributed by atoms with van der Waals surface area (Å²) in [4.78, 5) is 0. The second kappa shape index (κ2) is 12.5. The molecule has 0 aliphatic carbocycles. The highest BCUT2D eigenvalue weighted by molar-refractivity contribution is 6.17. The van der Waals surface area contributed by atoms with Crippen molar-refractivity contribution in [2.24, 2.45) is 0 Å². The van der Waals surface area contributed by atoms with Crippen molar-refractivity contribution in [1.29, 1.82) is 0 Å². The van der Waals surface area contributed by atoms with E-state index in [1.54, 1.807) is 0 Å². The number of para-hydroxylation sites is 4. The molecule has 12 rings (SSSR count). The number of hydrogen-bond acceptors (Lipinski definition) is 1. The SMILES string of the molecule is [2H]c1c([2H])c([2H])c(-n2c3ccccc3c3ccc(-c4cccc5c4c4ccccc4n5-c4cccc(-c5cccc(-c6ccc7oc8ccccc8c7c6)c5)c4)cc32)c([2H])c1[2H]. The van der Waals surface area contributed by atoms with Gasteiger partial charge in [0.2, 0.25) is 0 Å². The lowest BCUT2D eigenvalue weighted by molar-refractivity contribution is 0.669. The average molecular weight is 732 g/mol. The Morgan fingerprint density at radius 1 is 0.351 bits per heavy atom. The fraction of sp³-hybridized carbons (Fsp3) is 0. The van der Waals surface area contributed by atoms with Crippen LogP contribution in [0.4, 0.5) is 0 Å². The molecule has 3 heterocycles. The van der Waals surface area contributed by atoms with Gasteiger partial charge in [-0.25, -0.2) is 0 Å². The van der Waals surface area contributed by atoms with E-state index in [4.69, 9.17) is 11.3 Å². The fourth-order valence-corrected chi connectivity index (χ4v) is 8.88. The molecule has 266 valence electrons. The van der Waals surface area contributed by atoms with Crippen molar-refractivity contribution in [3.63, 3.8) is 0 Å². The fourth-order valence-electron chi connectivity index (χ4n) is 8.88. The lowest BCUT2D eigenvalue weighted by Gasteiger charge is -2.12. The monoisotopic (exact) mass is 731 g/mol. The van der Waals surface area contributed by atoms with Gasteiger partial charge < -0.3 is 13.6 Å². The van der Waals surface area contributed by atoms with E-state index in [0.717, 1.165) is 105 Å². The molecule has 0 N–H and O–H groups in total. The van der Waals surface area contributed by atoms with Gasteiger partial charge in [-0.2, -0.15) is 0 Å². The van der Waals surface area contributed by atoms with Gasteiger partial charge in [-0.05, 0) is 106 Å². The second-order valence-electron chi connectivity index (χ2n) is 14.6. The first-order chi connectivity index (χ1) is 30.3. The van der Waals surface area contributed by atoms with Crippen LogP contribution in [-0.2, 0) is 0 Å². The van der Waals surface area contributed by atoms with Crippen LogP contribution in [0, 0.1) is 0 Å². The van der Waals surface area contributed by atoms with E-state index in [1.807, 2.05) is 47.0 Å². The van der Waals surface area contributed by atoms with Crippen molar-refractivity contribution in [2.45, 2.75) is 0 Å². The Morgan fingerprint density at radius 2 is 0.947 bits per heavy atom. The molecule has 0 fully saturated rings. The summed E-state index contributed by atoms with van der Waals surface area (Å²) in [6.45, 7) is 0. The van der Waals surface area contributed by atoms with Gasteiger partial charge in [0, 0.05) is 43.7 Å². The van der Waals surface area contributed by atoms with E-state index < -0.39 is 6.04 Å². The first-order valence-electron chi connectivity index (χ1n) is 21.6. The predicted octanol–water partition coefficient (Wildman–Crippen LogP) is 14.8. The molecule has 0 bridgehead atoms. The Kier molecular flexibility index (Phi) is 5.91. The van der Waals surface area contributed by atoms with Crippen molar-refractivity contribution >= 4 is 65.6 Å². The van der Waals surface area contributed by atoms with E-state index in [9.17, 15) is 0 Å². The van der Waals surface area contributed by atoms with E-state index >= 15 is 0 Å². The first kappa shape index (κ1) is 27.0. The number of nitrogens with zero attached hydrogens (tertiary/aromatic N) is 2. The quantitative estimate of drug-likeness (QED) is 0.173. The van der Waals surface area contributed by atoms with Crippen LogP contribution < -0.4 is 0 Å². The van der Waals surface area contributed by atoms with Gasteiger partial charge in [0.25, 0.3) is 0 Å². The van der Waals surface area contributed by atoms with Gasteiger partial charge in [-0.1, -0.05) is 133 Å². The standard InChI is InChI=1S/C54H34N2O/c1-2-16-40(17-3-1)55-48-23-7-4-19-43(48)44-29-27-39(34-51(44)55)42-22-12-25-50-54(42)46-21-5-8-24-49(46)56(50)41-18-11-15-37(32-41)35-13-10-14-36(31-35)38-28-30-53-47(33-38)45-20-6-9-26-52(45)57-53/h1-34H/i1D,2D,3D,16D,17D. The Bertz CT molecular complexity index is 3810. The van der Waals surface area contributed by atoms with E-state index in [-0.39, 0.29) is 29.9 Å².